The van der Waals surface area contributed by atoms with Gasteiger partial charge in [-0.1, -0.05) is 6.07 Å². The molecule has 0 atom stereocenters. The van der Waals surface area contributed by atoms with Crippen LogP contribution in [0.25, 0.3) is 0 Å². The number of nitrogens with one attached hydrogen (secondary N) is 1. The highest BCUT2D eigenvalue weighted by atomic mass is 32.1. The maximum atomic E-state index is 11.9. The maximum Gasteiger partial charge on any atom is 0.355 e. The van der Waals surface area contributed by atoms with Crippen LogP contribution in [0.3, 0.4) is 0 Å². The average molecular weight is 334 g/mol. The summed E-state index contributed by atoms with van der Waals surface area (Å²) in [4.78, 5) is 36.1. The van der Waals surface area contributed by atoms with E-state index in [4.69, 9.17) is 4.74 Å². The number of esters is 1. The average Bonchev–Trinajstić information content (AvgIpc) is 3.14. The number of Topliss-reactive ketones (excluding diaryl/α,β-unsaturated/α-hetero) is 1. The lowest BCUT2D eigenvalue weighted by Gasteiger charge is -2.06. The molecule has 0 saturated heterocycles. The van der Waals surface area contributed by atoms with Gasteiger partial charge in [-0.3, -0.25) is 9.59 Å². The summed E-state index contributed by atoms with van der Waals surface area (Å²) in [5.41, 5.74) is 0.668. The Labute approximate surface area is 138 Å². The lowest BCUT2D eigenvalue weighted by Crippen LogP contribution is -2.30. The van der Waals surface area contributed by atoms with Crippen LogP contribution in [0, 0.1) is 0 Å². The molecule has 2 heterocycles. The molecule has 0 spiro atoms. The summed E-state index contributed by atoms with van der Waals surface area (Å²) in [5, 5.41) is 4.68. The van der Waals surface area contributed by atoms with E-state index in [0.717, 1.165) is 6.42 Å². The Morgan fingerprint density at radius 1 is 1.35 bits per heavy atom. The van der Waals surface area contributed by atoms with Crippen LogP contribution in [0.15, 0.2) is 29.8 Å². The van der Waals surface area contributed by atoms with Crippen molar-refractivity contribution < 1.29 is 19.1 Å². The zero-order valence-electron chi connectivity index (χ0n) is 13.0. The molecule has 0 aliphatic rings. The van der Waals surface area contributed by atoms with E-state index in [1.165, 1.54) is 22.4 Å². The van der Waals surface area contributed by atoms with Gasteiger partial charge in [0, 0.05) is 30.2 Å². The highest BCUT2D eigenvalue weighted by Crippen LogP contribution is 2.10. The Kier molecular flexibility index (Phi) is 5.70. The number of aromatic nitrogens is 1. The van der Waals surface area contributed by atoms with E-state index >= 15 is 0 Å². The van der Waals surface area contributed by atoms with Crippen molar-refractivity contribution in [2.75, 3.05) is 13.2 Å². The Bertz CT molecular complexity index is 704. The highest BCUT2D eigenvalue weighted by Gasteiger charge is 2.16. The number of thiophene rings is 1. The van der Waals surface area contributed by atoms with Crippen LogP contribution in [-0.4, -0.2) is 35.4 Å². The van der Waals surface area contributed by atoms with Gasteiger partial charge in [0.25, 0.3) is 5.91 Å². The first-order chi connectivity index (χ1) is 11.0. The van der Waals surface area contributed by atoms with Crippen LogP contribution < -0.4 is 5.32 Å². The van der Waals surface area contributed by atoms with Gasteiger partial charge < -0.3 is 14.6 Å². The first-order valence-electron chi connectivity index (χ1n) is 7.11. The number of carbonyl (C=O) groups excluding carboxylic acids is 3. The van der Waals surface area contributed by atoms with Crippen molar-refractivity contribution in [3.63, 3.8) is 0 Å². The second kappa shape index (κ2) is 7.73. The molecule has 6 nitrogen and oxygen atoms in total. The largest absolute Gasteiger partial charge is 0.451 e. The number of aryl methyl sites for hydroxylation is 1. The van der Waals surface area contributed by atoms with Gasteiger partial charge in [-0.15, -0.1) is 11.3 Å². The molecule has 0 fully saturated rings. The highest BCUT2D eigenvalue weighted by molar-refractivity contribution is 7.09. The zero-order valence-corrected chi connectivity index (χ0v) is 13.8. The van der Waals surface area contributed by atoms with Gasteiger partial charge in [0.1, 0.15) is 5.69 Å². The van der Waals surface area contributed by atoms with Crippen LogP contribution in [-0.2, 0) is 23.0 Å². The van der Waals surface area contributed by atoms with Crippen molar-refractivity contribution in [2.24, 2.45) is 7.05 Å². The van der Waals surface area contributed by atoms with Gasteiger partial charge in [-0.2, -0.15) is 0 Å². The number of hydrogen-bond acceptors (Lipinski definition) is 5. The van der Waals surface area contributed by atoms with Gasteiger partial charge in [0.2, 0.25) is 0 Å². The predicted octanol–water partition coefficient (Wildman–Crippen LogP) is 1.80. The number of rotatable bonds is 7. The monoisotopic (exact) mass is 334 g/mol. The summed E-state index contributed by atoms with van der Waals surface area (Å²) in [5.74, 6) is -1.12. The van der Waals surface area contributed by atoms with Crippen molar-refractivity contribution in [2.45, 2.75) is 13.3 Å². The molecule has 1 N–H and O–H groups in total. The Balaban J connectivity index is 1.77. The summed E-state index contributed by atoms with van der Waals surface area (Å²) in [6.45, 7) is 1.57. The predicted molar refractivity (Wildman–Crippen MR) is 86.7 cm³/mol. The van der Waals surface area contributed by atoms with E-state index in [1.807, 2.05) is 17.5 Å². The maximum absolute atomic E-state index is 11.9. The second-order valence-corrected chi connectivity index (χ2v) is 6.07. The fourth-order valence-corrected chi connectivity index (χ4v) is 2.70. The summed E-state index contributed by atoms with van der Waals surface area (Å²) in [6.07, 6.45) is 2.30. The first kappa shape index (κ1) is 17.0. The fourth-order valence-electron chi connectivity index (χ4n) is 2.00. The minimum atomic E-state index is -0.631. The lowest BCUT2D eigenvalue weighted by molar-refractivity contribution is -0.124. The molecule has 0 bridgehead atoms. The minimum Gasteiger partial charge on any atom is -0.451 e. The van der Waals surface area contributed by atoms with Crippen molar-refractivity contribution >= 4 is 29.0 Å². The molecule has 1 amide bonds. The third-order valence-corrected chi connectivity index (χ3v) is 4.16. The van der Waals surface area contributed by atoms with Crippen LogP contribution in [0.4, 0.5) is 0 Å². The number of ketones is 1. The smallest absolute Gasteiger partial charge is 0.355 e. The number of ether oxygens (including phenoxy) is 1. The first-order valence-corrected chi connectivity index (χ1v) is 7.99. The van der Waals surface area contributed by atoms with Crippen molar-refractivity contribution in [3.05, 3.63) is 45.9 Å². The third kappa shape index (κ3) is 4.79. The van der Waals surface area contributed by atoms with Crippen molar-refractivity contribution in [1.29, 1.82) is 0 Å². The summed E-state index contributed by atoms with van der Waals surface area (Å²) >= 11 is 1.63. The minimum absolute atomic E-state index is 0.133. The molecule has 0 aromatic carbocycles. The molecule has 122 valence electrons. The summed E-state index contributed by atoms with van der Waals surface area (Å²) < 4.78 is 6.48. The molecular formula is C16H18N2O4S. The van der Waals surface area contributed by atoms with Crippen LogP contribution in [0.1, 0.15) is 32.6 Å². The molecule has 2 aromatic rings. The van der Waals surface area contributed by atoms with Gasteiger partial charge in [0.05, 0.1) is 0 Å². The van der Waals surface area contributed by atoms with E-state index in [9.17, 15) is 14.4 Å². The van der Waals surface area contributed by atoms with Crippen molar-refractivity contribution in [3.8, 4) is 0 Å². The number of nitrogens with zero attached hydrogens (tertiary/aromatic N) is 1. The van der Waals surface area contributed by atoms with Crippen LogP contribution in [0.2, 0.25) is 0 Å². The summed E-state index contributed by atoms with van der Waals surface area (Å²) in [6, 6.07) is 5.41. The van der Waals surface area contributed by atoms with Crippen molar-refractivity contribution in [1.82, 2.24) is 9.88 Å². The Hall–Kier alpha value is -2.41. The molecule has 0 saturated carbocycles. The summed E-state index contributed by atoms with van der Waals surface area (Å²) in [7, 11) is 1.64. The van der Waals surface area contributed by atoms with Gasteiger partial charge in [-0.25, -0.2) is 4.79 Å². The van der Waals surface area contributed by atoms with E-state index in [0.29, 0.717) is 12.1 Å². The SMILES string of the molecule is CC(=O)c1cc(C(=O)OCC(=O)NCCc2cccs2)n(C)c1. The van der Waals surface area contributed by atoms with Gasteiger partial charge in [-0.05, 0) is 30.9 Å². The van der Waals surface area contributed by atoms with Crippen LogP contribution >= 0.6 is 11.3 Å². The number of hydrogen-bond donors (Lipinski definition) is 1. The Morgan fingerprint density at radius 3 is 2.74 bits per heavy atom. The molecule has 23 heavy (non-hydrogen) atoms. The molecule has 2 aromatic heterocycles. The molecule has 0 unspecified atom stereocenters. The number of amides is 1. The zero-order chi connectivity index (χ0) is 16.8. The van der Waals surface area contributed by atoms with E-state index in [1.54, 1.807) is 24.6 Å². The third-order valence-electron chi connectivity index (χ3n) is 3.23. The van der Waals surface area contributed by atoms with Gasteiger partial charge in [0.15, 0.2) is 12.4 Å². The quantitative estimate of drug-likeness (QED) is 0.619. The standard InChI is InChI=1S/C16H18N2O4S/c1-11(19)12-8-14(18(2)9-12)16(21)22-10-15(20)17-6-5-13-4-3-7-23-13/h3-4,7-9H,5-6,10H2,1-2H3,(H,17,20). The molecule has 0 aliphatic heterocycles. The number of carbonyl (C=O) groups is 3. The van der Waals surface area contributed by atoms with E-state index < -0.39 is 5.97 Å². The molecule has 0 radical (unpaired) electrons. The van der Waals surface area contributed by atoms with E-state index in [2.05, 4.69) is 5.32 Å². The molecule has 2 rings (SSSR count). The molecule has 7 heteroatoms. The van der Waals surface area contributed by atoms with Gasteiger partial charge >= 0.3 is 5.97 Å². The Morgan fingerprint density at radius 2 is 2.13 bits per heavy atom. The van der Waals surface area contributed by atoms with E-state index in [-0.39, 0.29) is 24.0 Å². The van der Waals surface area contributed by atoms with Crippen LogP contribution in [0.5, 0.6) is 0 Å². The lowest BCUT2D eigenvalue weighted by atomic mass is 10.2. The molecular weight excluding hydrogens is 316 g/mol. The normalized spacial score (nSPS) is 10.3. The molecule has 0 aliphatic carbocycles. The fraction of sp³-hybridized carbons (Fsp3) is 0.312. The topological polar surface area (TPSA) is 77.4 Å². The second-order valence-electron chi connectivity index (χ2n) is 5.04.